The molecule has 0 unspecified atom stereocenters. The zero-order chi connectivity index (χ0) is 8.60. The van der Waals surface area contributed by atoms with Crippen LogP contribution in [0.2, 0.25) is 0 Å². The Labute approximate surface area is 79.5 Å². The lowest BCUT2D eigenvalue weighted by atomic mass is 10.3. The molecule has 12 heavy (non-hydrogen) atoms. The normalized spacial score (nSPS) is 19.1. The van der Waals surface area contributed by atoms with Crippen molar-refractivity contribution in [1.29, 1.82) is 0 Å². The summed E-state index contributed by atoms with van der Waals surface area (Å²) in [5.41, 5.74) is 0.579. The molecular weight excluding hydrogens is 190 g/mol. The maximum Gasteiger partial charge on any atom is 0.169 e. The standard InChI is InChI=1S/C8H9NOS2/c1-11-8(2-3-8)7-4-6(5-10)9-12-7/h4-5H,2-3H2,1H3. The second kappa shape index (κ2) is 2.85. The first-order chi connectivity index (χ1) is 5.80. The van der Waals surface area contributed by atoms with Crippen molar-refractivity contribution in [3.05, 3.63) is 16.6 Å². The van der Waals surface area contributed by atoms with Crippen LogP contribution in [-0.2, 0) is 4.75 Å². The lowest BCUT2D eigenvalue weighted by Gasteiger charge is -2.06. The Morgan fingerprint density at radius 1 is 1.75 bits per heavy atom. The minimum atomic E-state index is 0.318. The highest BCUT2D eigenvalue weighted by Crippen LogP contribution is 2.57. The van der Waals surface area contributed by atoms with Gasteiger partial charge in [-0.25, -0.2) is 0 Å². The van der Waals surface area contributed by atoms with Crippen LogP contribution in [0.5, 0.6) is 0 Å². The zero-order valence-corrected chi connectivity index (χ0v) is 8.37. The van der Waals surface area contributed by atoms with Gasteiger partial charge < -0.3 is 0 Å². The summed E-state index contributed by atoms with van der Waals surface area (Å²) in [6.07, 6.45) is 5.40. The average Bonchev–Trinajstić information content (AvgIpc) is 2.77. The third kappa shape index (κ3) is 1.19. The fraction of sp³-hybridized carbons (Fsp3) is 0.500. The summed E-state index contributed by atoms with van der Waals surface area (Å²) in [5, 5.41) is 0. The van der Waals surface area contributed by atoms with E-state index in [-0.39, 0.29) is 0 Å². The molecular formula is C8H9NOS2. The van der Waals surface area contributed by atoms with Gasteiger partial charge in [-0.1, -0.05) is 0 Å². The molecule has 0 atom stereocenters. The number of hydrogen-bond donors (Lipinski definition) is 0. The summed E-state index contributed by atoms with van der Waals surface area (Å²) in [6.45, 7) is 0. The predicted molar refractivity (Wildman–Crippen MR) is 51.9 cm³/mol. The topological polar surface area (TPSA) is 30.0 Å². The molecule has 0 aromatic carbocycles. The molecule has 1 aliphatic rings. The molecule has 1 aromatic rings. The molecule has 4 heteroatoms. The summed E-state index contributed by atoms with van der Waals surface area (Å²) in [5.74, 6) is 0. The maximum atomic E-state index is 10.4. The van der Waals surface area contributed by atoms with Crippen LogP contribution < -0.4 is 0 Å². The van der Waals surface area contributed by atoms with Crippen molar-refractivity contribution in [1.82, 2.24) is 4.37 Å². The van der Waals surface area contributed by atoms with Gasteiger partial charge >= 0.3 is 0 Å². The third-order valence-corrected chi connectivity index (χ3v) is 4.74. The predicted octanol–water partition coefficient (Wildman–Crippen LogP) is 2.31. The van der Waals surface area contributed by atoms with Gasteiger partial charge in [0, 0.05) is 4.88 Å². The number of carbonyl (C=O) groups is 1. The number of aldehydes is 1. The minimum Gasteiger partial charge on any atom is -0.296 e. The van der Waals surface area contributed by atoms with E-state index in [1.54, 1.807) is 0 Å². The lowest BCUT2D eigenvalue weighted by Crippen LogP contribution is -1.95. The van der Waals surface area contributed by atoms with Crippen LogP contribution in [0.1, 0.15) is 28.2 Å². The van der Waals surface area contributed by atoms with Gasteiger partial charge in [-0.3, -0.25) is 4.79 Å². The molecule has 1 heterocycles. The summed E-state index contributed by atoms with van der Waals surface area (Å²) in [4.78, 5) is 11.7. The number of thioether (sulfide) groups is 1. The molecule has 0 spiro atoms. The molecule has 1 saturated carbocycles. The maximum absolute atomic E-state index is 10.4. The van der Waals surface area contributed by atoms with Gasteiger partial charge in [-0.2, -0.15) is 16.1 Å². The lowest BCUT2D eigenvalue weighted by molar-refractivity contribution is 0.112. The number of hydrogen-bond acceptors (Lipinski definition) is 4. The van der Waals surface area contributed by atoms with Crippen LogP contribution in [0.25, 0.3) is 0 Å². The Balaban J connectivity index is 2.28. The van der Waals surface area contributed by atoms with Gasteiger partial charge in [-0.05, 0) is 36.7 Å². The SMILES string of the molecule is CSC1(c2cc(C=O)ns2)CC1. The van der Waals surface area contributed by atoms with Gasteiger partial charge in [0.05, 0.1) is 4.75 Å². The van der Waals surface area contributed by atoms with Crippen molar-refractivity contribution < 1.29 is 4.79 Å². The van der Waals surface area contributed by atoms with Crippen molar-refractivity contribution in [3.8, 4) is 0 Å². The van der Waals surface area contributed by atoms with Crippen LogP contribution >= 0.6 is 23.3 Å². The van der Waals surface area contributed by atoms with Crippen molar-refractivity contribution in [2.45, 2.75) is 17.6 Å². The Hall–Kier alpha value is -0.350. The van der Waals surface area contributed by atoms with Crippen LogP contribution in [0.15, 0.2) is 6.07 Å². The second-order valence-electron chi connectivity index (χ2n) is 2.93. The molecule has 64 valence electrons. The van der Waals surface area contributed by atoms with Crippen molar-refractivity contribution in [2.75, 3.05) is 6.26 Å². The first-order valence-electron chi connectivity index (χ1n) is 3.78. The number of rotatable bonds is 3. The highest BCUT2D eigenvalue weighted by atomic mass is 32.2. The summed E-state index contributed by atoms with van der Waals surface area (Å²) in [7, 11) is 0. The molecule has 1 aromatic heterocycles. The van der Waals surface area contributed by atoms with Crippen molar-refractivity contribution in [2.24, 2.45) is 0 Å². The molecule has 0 amide bonds. The minimum absolute atomic E-state index is 0.318. The molecule has 0 saturated heterocycles. The smallest absolute Gasteiger partial charge is 0.169 e. The van der Waals surface area contributed by atoms with E-state index in [1.165, 1.54) is 29.3 Å². The molecule has 0 aliphatic heterocycles. The quantitative estimate of drug-likeness (QED) is 0.700. The Bertz CT molecular complexity index is 304. The van der Waals surface area contributed by atoms with Crippen LogP contribution in [0.4, 0.5) is 0 Å². The summed E-state index contributed by atoms with van der Waals surface area (Å²) < 4.78 is 4.37. The largest absolute Gasteiger partial charge is 0.296 e. The fourth-order valence-corrected chi connectivity index (χ4v) is 3.20. The molecule has 2 rings (SSSR count). The van der Waals surface area contributed by atoms with Gasteiger partial charge in [0.1, 0.15) is 5.69 Å². The number of carbonyl (C=O) groups excluding carboxylic acids is 1. The molecule has 0 radical (unpaired) electrons. The highest BCUT2D eigenvalue weighted by molar-refractivity contribution is 7.99. The van der Waals surface area contributed by atoms with E-state index in [0.29, 0.717) is 10.4 Å². The van der Waals surface area contributed by atoms with Crippen LogP contribution in [-0.4, -0.2) is 16.9 Å². The summed E-state index contributed by atoms with van der Waals surface area (Å²) in [6, 6.07) is 1.92. The molecule has 2 nitrogen and oxygen atoms in total. The van der Waals surface area contributed by atoms with Gasteiger partial charge in [0.15, 0.2) is 6.29 Å². The number of aromatic nitrogens is 1. The first kappa shape index (κ1) is 8.26. The molecule has 0 N–H and O–H groups in total. The third-order valence-electron chi connectivity index (χ3n) is 2.19. The van der Waals surface area contributed by atoms with Crippen LogP contribution in [0.3, 0.4) is 0 Å². The van der Waals surface area contributed by atoms with E-state index >= 15 is 0 Å². The second-order valence-corrected chi connectivity index (χ2v) is 4.93. The average molecular weight is 199 g/mol. The van der Waals surface area contributed by atoms with E-state index in [1.807, 2.05) is 17.8 Å². The Morgan fingerprint density at radius 3 is 2.92 bits per heavy atom. The van der Waals surface area contributed by atoms with E-state index in [0.717, 1.165) is 6.29 Å². The fourth-order valence-electron chi connectivity index (χ4n) is 1.22. The molecule has 1 aliphatic carbocycles. The van der Waals surface area contributed by atoms with Gasteiger partial charge in [0.2, 0.25) is 0 Å². The Morgan fingerprint density at radius 2 is 2.50 bits per heavy atom. The van der Waals surface area contributed by atoms with Crippen LogP contribution in [0, 0.1) is 0 Å². The van der Waals surface area contributed by atoms with E-state index < -0.39 is 0 Å². The molecule has 0 bridgehead atoms. The molecule has 1 fully saturated rings. The first-order valence-corrected chi connectivity index (χ1v) is 5.78. The van der Waals surface area contributed by atoms with E-state index in [4.69, 9.17) is 0 Å². The van der Waals surface area contributed by atoms with Gasteiger partial charge in [0.25, 0.3) is 0 Å². The highest BCUT2D eigenvalue weighted by Gasteiger charge is 2.45. The van der Waals surface area contributed by atoms with Crippen molar-refractivity contribution in [3.63, 3.8) is 0 Å². The Kier molecular flexibility index (Phi) is 1.96. The van der Waals surface area contributed by atoms with E-state index in [2.05, 4.69) is 10.6 Å². The van der Waals surface area contributed by atoms with E-state index in [9.17, 15) is 4.79 Å². The monoisotopic (exact) mass is 199 g/mol. The summed E-state index contributed by atoms with van der Waals surface area (Å²) >= 11 is 3.34. The zero-order valence-electron chi connectivity index (χ0n) is 6.74. The van der Waals surface area contributed by atoms with Gasteiger partial charge in [-0.15, -0.1) is 0 Å². The van der Waals surface area contributed by atoms with Crippen molar-refractivity contribution >= 4 is 29.6 Å². The number of nitrogens with zero attached hydrogens (tertiary/aromatic N) is 1.